The van der Waals surface area contributed by atoms with E-state index in [1.165, 1.54) is 0 Å². The molecule has 0 aliphatic carbocycles. The first-order valence-electron chi connectivity index (χ1n) is 10.4. The molecule has 0 bridgehead atoms. The Kier molecular flexibility index (Phi) is 6.87. The lowest BCUT2D eigenvalue weighted by molar-refractivity contribution is -0.123. The number of hydrogen-bond donors (Lipinski definition) is 2. The Morgan fingerprint density at radius 2 is 1.62 bits per heavy atom. The molecule has 32 heavy (non-hydrogen) atoms. The summed E-state index contributed by atoms with van der Waals surface area (Å²) in [5.74, 6) is 1.26. The van der Waals surface area contributed by atoms with E-state index in [-0.39, 0.29) is 18.4 Å². The fourth-order valence-electron chi connectivity index (χ4n) is 3.28. The van der Waals surface area contributed by atoms with E-state index in [2.05, 4.69) is 10.6 Å². The largest absolute Gasteiger partial charge is 0.486 e. The first kappa shape index (κ1) is 21.2. The van der Waals surface area contributed by atoms with Gasteiger partial charge in [0.2, 0.25) is 0 Å². The van der Waals surface area contributed by atoms with Crippen molar-refractivity contribution in [2.45, 2.75) is 6.42 Å². The van der Waals surface area contributed by atoms with Crippen molar-refractivity contribution >= 4 is 17.5 Å². The summed E-state index contributed by atoms with van der Waals surface area (Å²) in [7, 11) is 0. The Hall–Kier alpha value is -4.00. The van der Waals surface area contributed by atoms with Crippen molar-refractivity contribution in [2.75, 3.05) is 31.7 Å². The molecule has 0 spiro atoms. The Balaban J connectivity index is 1.26. The lowest BCUT2D eigenvalue weighted by Crippen LogP contribution is -2.31. The second-order valence-corrected chi connectivity index (χ2v) is 7.18. The molecule has 4 rings (SSSR count). The van der Waals surface area contributed by atoms with E-state index in [0.717, 1.165) is 17.1 Å². The van der Waals surface area contributed by atoms with Crippen molar-refractivity contribution in [3.05, 3.63) is 83.9 Å². The molecule has 0 fully saturated rings. The van der Waals surface area contributed by atoms with Gasteiger partial charge >= 0.3 is 0 Å². The number of rotatable bonds is 8. The van der Waals surface area contributed by atoms with Crippen LogP contribution in [0, 0.1) is 0 Å². The van der Waals surface area contributed by atoms with Crippen LogP contribution in [0.5, 0.6) is 17.2 Å². The van der Waals surface area contributed by atoms with Gasteiger partial charge in [-0.25, -0.2) is 0 Å². The molecule has 0 atom stereocenters. The summed E-state index contributed by atoms with van der Waals surface area (Å²) in [6, 6.07) is 21.8. The molecule has 3 aromatic rings. The van der Waals surface area contributed by atoms with Crippen molar-refractivity contribution in [1.82, 2.24) is 5.32 Å². The molecule has 0 saturated heterocycles. The SMILES string of the molecule is O=C(COc1ccccc1C(=O)Nc1ccccc1)NCCc1ccc2c(c1)OCCO2. The number of fused-ring (bicyclic) bond motifs is 1. The summed E-state index contributed by atoms with van der Waals surface area (Å²) in [6.07, 6.45) is 0.651. The number of nitrogens with one attached hydrogen (secondary N) is 2. The Morgan fingerprint density at radius 3 is 2.47 bits per heavy atom. The smallest absolute Gasteiger partial charge is 0.259 e. The molecular weight excluding hydrogens is 408 g/mol. The summed E-state index contributed by atoms with van der Waals surface area (Å²) in [6.45, 7) is 1.36. The van der Waals surface area contributed by atoms with Crippen molar-refractivity contribution in [2.24, 2.45) is 0 Å². The van der Waals surface area contributed by atoms with Gasteiger partial charge in [-0.3, -0.25) is 9.59 Å². The predicted molar refractivity (Wildman–Crippen MR) is 120 cm³/mol. The summed E-state index contributed by atoms with van der Waals surface area (Å²) < 4.78 is 16.7. The zero-order valence-electron chi connectivity index (χ0n) is 17.5. The third-order valence-corrected chi connectivity index (χ3v) is 4.86. The summed E-state index contributed by atoms with van der Waals surface area (Å²) in [5, 5.41) is 5.66. The van der Waals surface area contributed by atoms with Gasteiger partial charge in [0.1, 0.15) is 19.0 Å². The predicted octanol–water partition coefficient (Wildman–Crippen LogP) is 3.45. The van der Waals surface area contributed by atoms with Crippen molar-refractivity contribution in [1.29, 1.82) is 0 Å². The second kappa shape index (κ2) is 10.3. The van der Waals surface area contributed by atoms with E-state index in [4.69, 9.17) is 14.2 Å². The van der Waals surface area contributed by atoms with Gasteiger partial charge in [-0.2, -0.15) is 0 Å². The maximum absolute atomic E-state index is 12.6. The van der Waals surface area contributed by atoms with Crippen molar-refractivity contribution < 1.29 is 23.8 Å². The fraction of sp³-hybridized carbons (Fsp3) is 0.200. The van der Waals surface area contributed by atoms with Gasteiger partial charge in [0.25, 0.3) is 11.8 Å². The topological polar surface area (TPSA) is 85.9 Å². The average molecular weight is 432 g/mol. The third kappa shape index (κ3) is 5.57. The molecule has 7 nitrogen and oxygen atoms in total. The minimum atomic E-state index is -0.300. The summed E-state index contributed by atoms with van der Waals surface area (Å²) >= 11 is 0. The Bertz CT molecular complexity index is 1080. The molecule has 2 N–H and O–H groups in total. The molecule has 164 valence electrons. The molecule has 7 heteroatoms. The number of amides is 2. The summed E-state index contributed by atoms with van der Waals surface area (Å²) in [4.78, 5) is 24.8. The highest BCUT2D eigenvalue weighted by Gasteiger charge is 2.14. The molecule has 0 radical (unpaired) electrons. The second-order valence-electron chi connectivity index (χ2n) is 7.18. The van der Waals surface area contributed by atoms with E-state index >= 15 is 0 Å². The van der Waals surface area contributed by atoms with Gasteiger partial charge in [-0.05, 0) is 48.4 Å². The van der Waals surface area contributed by atoms with Crippen molar-refractivity contribution in [3.63, 3.8) is 0 Å². The van der Waals surface area contributed by atoms with E-state index in [1.54, 1.807) is 36.4 Å². The first-order chi connectivity index (χ1) is 15.7. The van der Waals surface area contributed by atoms with Gasteiger partial charge in [0, 0.05) is 12.2 Å². The third-order valence-electron chi connectivity index (χ3n) is 4.86. The summed E-state index contributed by atoms with van der Waals surface area (Å²) in [5.41, 5.74) is 2.09. The fourth-order valence-corrected chi connectivity index (χ4v) is 3.28. The van der Waals surface area contributed by atoms with E-state index in [9.17, 15) is 9.59 Å². The van der Waals surface area contributed by atoms with Crippen LogP contribution in [0.25, 0.3) is 0 Å². The molecule has 0 saturated carbocycles. The molecule has 3 aromatic carbocycles. The van der Waals surface area contributed by atoms with Crippen LogP contribution < -0.4 is 24.8 Å². The van der Waals surface area contributed by atoms with Crippen LogP contribution in [-0.2, 0) is 11.2 Å². The maximum atomic E-state index is 12.6. The van der Waals surface area contributed by atoms with E-state index in [0.29, 0.717) is 43.2 Å². The van der Waals surface area contributed by atoms with Gasteiger partial charge in [-0.1, -0.05) is 36.4 Å². The zero-order valence-corrected chi connectivity index (χ0v) is 17.5. The van der Waals surface area contributed by atoms with Crippen LogP contribution in [0.1, 0.15) is 15.9 Å². The Labute approximate surface area is 186 Å². The van der Waals surface area contributed by atoms with Gasteiger partial charge in [0.15, 0.2) is 18.1 Å². The quantitative estimate of drug-likeness (QED) is 0.570. The van der Waals surface area contributed by atoms with Crippen LogP contribution in [0.4, 0.5) is 5.69 Å². The lowest BCUT2D eigenvalue weighted by Gasteiger charge is -2.18. The maximum Gasteiger partial charge on any atom is 0.259 e. The number of anilines is 1. The number of para-hydroxylation sites is 2. The lowest BCUT2D eigenvalue weighted by atomic mass is 10.1. The Morgan fingerprint density at radius 1 is 0.875 bits per heavy atom. The minimum Gasteiger partial charge on any atom is -0.486 e. The average Bonchev–Trinajstić information content (AvgIpc) is 2.83. The normalized spacial score (nSPS) is 12.0. The van der Waals surface area contributed by atoms with Crippen LogP contribution in [0.15, 0.2) is 72.8 Å². The van der Waals surface area contributed by atoms with Crippen LogP contribution in [0.2, 0.25) is 0 Å². The number of ether oxygens (including phenoxy) is 3. The number of benzene rings is 3. The first-order valence-corrected chi connectivity index (χ1v) is 10.4. The van der Waals surface area contributed by atoms with Crippen LogP contribution >= 0.6 is 0 Å². The van der Waals surface area contributed by atoms with E-state index in [1.807, 2.05) is 36.4 Å². The molecule has 0 unspecified atom stereocenters. The number of carbonyl (C=O) groups is 2. The minimum absolute atomic E-state index is 0.184. The highest BCUT2D eigenvalue weighted by Crippen LogP contribution is 2.30. The highest BCUT2D eigenvalue weighted by atomic mass is 16.6. The highest BCUT2D eigenvalue weighted by molar-refractivity contribution is 6.06. The van der Waals surface area contributed by atoms with Gasteiger partial charge in [-0.15, -0.1) is 0 Å². The molecular formula is C25H24N2O5. The van der Waals surface area contributed by atoms with Crippen molar-refractivity contribution in [3.8, 4) is 17.2 Å². The standard InChI is InChI=1S/C25H24N2O5/c28-24(26-13-12-18-10-11-22-23(16-18)31-15-14-30-22)17-32-21-9-5-4-8-20(21)25(29)27-19-6-2-1-3-7-19/h1-11,16H,12-15,17H2,(H,26,28)(H,27,29). The van der Waals surface area contributed by atoms with E-state index < -0.39 is 0 Å². The van der Waals surface area contributed by atoms with Crippen LogP contribution in [0.3, 0.4) is 0 Å². The van der Waals surface area contributed by atoms with Gasteiger partial charge < -0.3 is 24.8 Å². The molecule has 0 aromatic heterocycles. The molecule has 1 aliphatic rings. The number of hydrogen-bond acceptors (Lipinski definition) is 5. The number of carbonyl (C=O) groups excluding carboxylic acids is 2. The molecule has 1 heterocycles. The zero-order chi connectivity index (χ0) is 22.2. The van der Waals surface area contributed by atoms with Gasteiger partial charge in [0.05, 0.1) is 5.56 Å². The monoisotopic (exact) mass is 432 g/mol. The van der Waals surface area contributed by atoms with Crippen LogP contribution in [-0.4, -0.2) is 38.2 Å². The molecule has 1 aliphatic heterocycles. The molecule has 2 amide bonds.